The molecule has 0 aliphatic carbocycles. The molecule has 3 aromatic rings. The molecule has 8 nitrogen and oxygen atoms in total. The van der Waals surface area contributed by atoms with Crippen LogP contribution in [0.4, 0.5) is 4.39 Å². The number of hydrazine groups is 1. The van der Waals surface area contributed by atoms with Crippen LogP contribution >= 0.6 is 11.8 Å². The summed E-state index contributed by atoms with van der Waals surface area (Å²) in [6, 6.07) is 11.6. The highest BCUT2D eigenvalue weighted by molar-refractivity contribution is 7.99. The van der Waals surface area contributed by atoms with Gasteiger partial charge < -0.3 is 4.74 Å². The molecule has 0 saturated heterocycles. The highest BCUT2D eigenvalue weighted by atomic mass is 32.2. The third-order valence-corrected chi connectivity index (χ3v) is 5.33. The fourth-order valence-corrected chi connectivity index (χ4v) is 3.80. The van der Waals surface area contributed by atoms with E-state index in [2.05, 4.69) is 15.8 Å². The number of benzene rings is 2. The van der Waals surface area contributed by atoms with Gasteiger partial charge in [-0.05, 0) is 43.3 Å². The Morgan fingerprint density at radius 2 is 1.87 bits per heavy atom. The number of rotatable bonds is 7. The third-order valence-electron chi connectivity index (χ3n) is 4.38. The first-order valence-electron chi connectivity index (χ1n) is 9.38. The monoisotopic (exact) mass is 444 g/mol. The van der Waals surface area contributed by atoms with E-state index >= 15 is 0 Å². The molecule has 0 aliphatic heterocycles. The minimum absolute atomic E-state index is 0.0891. The fourth-order valence-electron chi connectivity index (χ4n) is 2.90. The Morgan fingerprint density at radius 1 is 1.16 bits per heavy atom. The van der Waals surface area contributed by atoms with Crippen molar-refractivity contribution in [2.75, 3.05) is 19.5 Å². The highest BCUT2D eigenvalue weighted by Gasteiger charge is 2.18. The first-order valence-corrected chi connectivity index (χ1v) is 10.4. The smallest absolute Gasteiger partial charge is 0.269 e. The number of carbonyl (C=O) groups excluding carboxylic acids is 2. The summed E-state index contributed by atoms with van der Waals surface area (Å²) in [5, 5.41) is 0.846. The Kier molecular flexibility index (Phi) is 7.37. The molecule has 0 unspecified atom stereocenters. The number of aromatic nitrogens is 2. The number of hydrogen-bond acceptors (Lipinski definition) is 6. The summed E-state index contributed by atoms with van der Waals surface area (Å²) in [5.41, 5.74) is 5.08. The van der Waals surface area contributed by atoms with Crippen LogP contribution in [0.25, 0.3) is 10.9 Å². The summed E-state index contributed by atoms with van der Waals surface area (Å²) < 4.78 is 19.6. The van der Waals surface area contributed by atoms with Crippen LogP contribution < -0.4 is 16.4 Å². The number of amides is 2. The van der Waals surface area contributed by atoms with Crippen molar-refractivity contribution in [2.24, 2.45) is 0 Å². The lowest BCUT2D eigenvalue weighted by Crippen LogP contribution is -2.42. The number of halogens is 1. The molecule has 0 fully saturated rings. The zero-order valence-electron chi connectivity index (χ0n) is 16.9. The van der Waals surface area contributed by atoms with Crippen LogP contribution in [0.15, 0.2) is 58.5 Å². The van der Waals surface area contributed by atoms with Gasteiger partial charge in [-0.2, -0.15) is 0 Å². The lowest BCUT2D eigenvalue weighted by atomic mass is 10.2. The molecule has 0 bridgehead atoms. The number of carbonyl (C=O) groups is 2. The first kappa shape index (κ1) is 22.4. The number of nitrogens with zero attached hydrogens (tertiary/aromatic N) is 2. The summed E-state index contributed by atoms with van der Waals surface area (Å²) in [7, 11) is 1.54. The molecule has 2 aromatic carbocycles. The molecule has 1 aromatic heterocycles. The Hall–Kier alpha value is -3.24. The van der Waals surface area contributed by atoms with Crippen LogP contribution in [0.5, 0.6) is 0 Å². The largest absolute Gasteiger partial charge is 0.383 e. The SMILES string of the molecule is COC[C@H](C)n1c(SCC(=O)NNC(=O)c2ccc(F)cc2)nc2ccccc2c1=O. The van der Waals surface area contributed by atoms with Crippen molar-refractivity contribution < 1.29 is 18.7 Å². The van der Waals surface area contributed by atoms with Crippen molar-refractivity contribution in [3.63, 3.8) is 0 Å². The summed E-state index contributed by atoms with van der Waals surface area (Å²) >= 11 is 1.07. The van der Waals surface area contributed by atoms with Crippen LogP contribution in [-0.4, -0.2) is 40.8 Å². The van der Waals surface area contributed by atoms with Crippen LogP contribution in [0, 0.1) is 5.82 Å². The van der Waals surface area contributed by atoms with E-state index in [0.29, 0.717) is 22.7 Å². The van der Waals surface area contributed by atoms with Gasteiger partial charge in [-0.15, -0.1) is 0 Å². The fraction of sp³-hybridized carbons (Fsp3) is 0.238. The summed E-state index contributed by atoms with van der Waals surface area (Å²) in [6.45, 7) is 2.13. The van der Waals surface area contributed by atoms with E-state index in [9.17, 15) is 18.8 Å². The van der Waals surface area contributed by atoms with E-state index in [-0.39, 0.29) is 22.9 Å². The van der Waals surface area contributed by atoms with Crippen LogP contribution in [-0.2, 0) is 9.53 Å². The van der Waals surface area contributed by atoms with Gasteiger partial charge in [0.25, 0.3) is 11.5 Å². The Balaban J connectivity index is 1.71. The summed E-state index contributed by atoms with van der Waals surface area (Å²) in [6.07, 6.45) is 0. The van der Waals surface area contributed by atoms with Gasteiger partial charge in [0.05, 0.1) is 29.3 Å². The van der Waals surface area contributed by atoms with Crippen molar-refractivity contribution in [1.29, 1.82) is 0 Å². The molecular weight excluding hydrogens is 423 g/mol. The molecule has 162 valence electrons. The molecule has 0 radical (unpaired) electrons. The topological polar surface area (TPSA) is 102 Å². The molecule has 1 heterocycles. The highest BCUT2D eigenvalue weighted by Crippen LogP contribution is 2.21. The van der Waals surface area contributed by atoms with E-state index in [0.717, 1.165) is 23.9 Å². The van der Waals surface area contributed by atoms with Crippen molar-refractivity contribution in [3.05, 3.63) is 70.3 Å². The second-order valence-corrected chi connectivity index (χ2v) is 7.63. The van der Waals surface area contributed by atoms with Crippen LogP contribution in [0.2, 0.25) is 0 Å². The third kappa shape index (κ3) is 5.47. The van der Waals surface area contributed by atoms with Gasteiger partial charge in [0, 0.05) is 12.7 Å². The second kappa shape index (κ2) is 10.2. The van der Waals surface area contributed by atoms with E-state index in [1.54, 1.807) is 31.4 Å². The number of para-hydroxylation sites is 1. The molecule has 1 atom stereocenters. The number of hydrogen-bond donors (Lipinski definition) is 2. The van der Waals surface area contributed by atoms with Gasteiger partial charge in [-0.1, -0.05) is 23.9 Å². The molecule has 0 aliphatic rings. The molecule has 0 spiro atoms. The minimum Gasteiger partial charge on any atom is -0.383 e. The van der Waals surface area contributed by atoms with Crippen molar-refractivity contribution in [2.45, 2.75) is 18.1 Å². The molecule has 31 heavy (non-hydrogen) atoms. The molecule has 2 amide bonds. The predicted molar refractivity (Wildman–Crippen MR) is 115 cm³/mol. The maximum Gasteiger partial charge on any atom is 0.269 e. The normalized spacial score (nSPS) is 11.8. The zero-order valence-corrected chi connectivity index (χ0v) is 17.7. The molecule has 2 N–H and O–H groups in total. The number of ether oxygens (including phenoxy) is 1. The van der Waals surface area contributed by atoms with Gasteiger partial charge in [-0.3, -0.25) is 29.8 Å². The van der Waals surface area contributed by atoms with Crippen LogP contribution in [0.3, 0.4) is 0 Å². The van der Waals surface area contributed by atoms with E-state index < -0.39 is 17.6 Å². The van der Waals surface area contributed by atoms with Gasteiger partial charge in [0.15, 0.2) is 5.16 Å². The summed E-state index contributed by atoms with van der Waals surface area (Å²) in [5.74, 6) is -1.62. The van der Waals surface area contributed by atoms with Crippen LogP contribution in [0.1, 0.15) is 23.3 Å². The van der Waals surface area contributed by atoms with E-state index in [4.69, 9.17) is 4.74 Å². The standard InChI is InChI=1S/C21H21FN4O4S/c1-13(11-30-2)26-20(29)16-5-3-4-6-17(16)23-21(26)31-12-18(27)24-25-19(28)14-7-9-15(22)10-8-14/h3-10,13H,11-12H2,1-2H3,(H,24,27)(H,25,28)/t13-/m0/s1. The molecular formula is C21H21FN4O4S. The van der Waals surface area contributed by atoms with Crippen molar-refractivity contribution in [3.8, 4) is 0 Å². The average molecular weight is 444 g/mol. The zero-order chi connectivity index (χ0) is 22.4. The Labute approximate surface area is 181 Å². The lowest BCUT2D eigenvalue weighted by molar-refractivity contribution is -0.119. The molecule has 3 rings (SSSR count). The second-order valence-electron chi connectivity index (χ2n) is 6.69. The number of thioether (sulfide) groups is 1. The Bertz CT molecular complexity index is 1150. The number of fused-ring (bicyclic) bond motifs is 1. The molecule has 10 heteroatoms. The van der Waals surface area contributed by atoms with Gasteiger partial charge in [-0.25, -0.2) is 9.37 Å². The first-order chi connectivity index (χ1) is 14.9. The van der Waals surface area contributed by atoms with E-state index in [1.165, 1.54) is 16.7 Å². The van der Waals surface area contributed by atoms with Crippen molar-refractivity contribution >= 4 is 34.5 Å². The van der Waals surface area contributed by atoms with Crippen molar-refractivity contribution in [1.82, 2.24) is 20.4 Å². The maximum atomic E-state index is 13.0. The quantitative estimate of drug-likeness (QED) is 0.329. The van der Waals surface area contributed by atoms with Gasteiger partial charge >= 0.3 is 0 Å². The minimum atomic E-state index is -0.576. The lowest BCUT2D eigenvalue weighted by Gasteiger charge is -2.18. The number of nitrogens with one attached hydrogen (secondary N) is 2. The molecule has 0 saturated carbocycles. The number of methoxy groups -OCH3 is 1. The maximum absolute atomic E-state index is 13.0. The van der Waals surface area contributed by atoms with E-state index in [1.807, 2.05) is 6.92 Å². The predicted octanol–water partition coefficient (Wildman–Crippen LogP) is 2.30. The van der Waals surface area contributed by atoms with Gasteiger partial charge in [0.2, 0.25) is 5.91 Å². The average Bonchev–Trinajstić information content (AvgIpc) is 2.76. The summed E-state index contributed by atoms with van der Waals surface area (Å²) in [4.78, 5) is 41.7. The van der Waals surface area contributed by atoms with Gasteiger partial charge in [0.1, 0.15) is 5.82 Å². The Morgan fingerprint density at radius 3 is 2.58 bits per heavy atom.